The molecular formula is C13H21F3O. The topological polar surface area (TPSA) is 17.1 Å². The van der Waals surface area contributed by atoms with E-state index in [2.05, 4.69) is 0 Å². The summed E-state index contributed by atoms with van der Waals surface area (Å²) >= 11 is 0. The smallest absolute Gasteiger partial charge is 0.299 e. The van der Waals surface area contributed by atoms with E-state index in [4.69, 9.17) is 0 Å². The summed E-state index contributed by atoms with van der Waals surface area (Å²) in [6, 6.07) is 0. The number of hydrogen-bond donors (Lipinski definition) is 0. The minimum atomic E-state index is -4.13. The van der Waals surface area contributed by atoms with E-state index < -0.39 is 12.1 Å². The molecule has 0 heterocycles. The summed E-state index contributed by atoms with van der Waals surface area (Å²) in [7, 11) is 0. The number of alkyl halides is 3. The van der Waals surface area contributed by atoms with E-state index in [0.29, 0.717) is 12.8 Å². The average Bonchev–Trinajstić information content (AvgIpc) is 2.29. The molecule has 2 atom stereocenters. The second-order valence-corrected chi connectivity index (χ2v) is 5.02. The second kappa shape index (κ2) is 5.87. The molecule has 1 aliphatic carbocycles. The van der Waals surface area contributed by atoms with Crippen LogP contribution in [-0.2, 0) is 4.79 Å². The van der Waals surface area contributed by atoms with Gasteiger partial charge in [-0.15, -0.1) is 0 Å². The molecule has 0 aromatic heterocycles. The molecule has 0 aromatic rings. The number of hydrogen-bond acceptors (Lipinski definition) is 1. The van der Waals surface area contributed by atoms with Gasteiger partial charge in [-0.2, -0.15) is 13.2 Å². The van der Waals surface area contributed by atoms with Crippen LogP contribution in [-0.4, -0.2) is 12.0 Å². The van der Waals surface area contributed by atoms with Crippen molar-refractivity contribution in [3.8, 4) is 0 Å². The molecule has 2 unspecified atom stereocenters. The summed E-state index contributed by atoms with van der Waals surface area (Å²) in [4.78, 5) is 12.1. The fourth-order valence-corrected chi connectivity index (χ4v) is 2.77. The molecule has 0 saturated heterocycles. The maximum Gasteiger partial charge on any atom is 0.391 e. The quantitative estimate of drug-likeness (QED) is 0.724. The third kappa shape index (κ3) is 3.71. The van der Waals surface area contributed by atoms with Gasteiger partial charge in [0.2, 0.25) is 0 Å². The van der Waals surface area contributed by atoms with Crippen molar-refractivity contribution in [3.63, 3.8) is 0 Å². The van der Waals surface area contributed by atoms with Gasteiger partial charge in [0.1, 0.15) is 5.78 Å². The van der Waals surface area contributed by atoms with Gasteiger partial charge in [0.05, 0.1) is 5.92 Å². The monoisotopic (exact) mass is 250 g/mol. The third-order valence-corrected chi connectivity index (χ3v) is 3.93. The van der Waals surface area contributed by atoms with E-state index in [0.717, 1.165) is 12.8 Å². The Morgan fingerprint density at radius 3 is 2.29 bits per heavy atom. The first-order valence-electron chi connectivity index (χ1n) is 6.50. The fourth-order valence-electron chi connectivity index (χ4n) is 2.77. The first-order chi connectivity index (χ1) is 7.90. The van der Waals surface area contributed by atoms with E-state index in [1.807, 2.05) is 13.8 Å². The first-order valence-corrected chi connectivity index (χ1v) is 6.50. The molecule has 0 spiro atoms. The van der Waals surface area contributed by atoms with Crippen molar-refractivity contribution in [2.24, 2.45) is 17.8 Å². The van der Waals surface area contributed by atoms with Crippen LogP contribution in [0, 0.1) is 17.8 Å². The number of carbonyl (C=O) groups is 1. The van der Waals surface area contributed by atoms with Crippen LogP contribution in [0.4, 0.5) is 13.2 Å². The van der Waals surface area contributed by atoms with Gasteiger partial charge < -0.3 is 0 Å². The predicted octanol–water partition coefficient (Wildman–Crippen LogP) is 4.36. The highest BCUT2D eigenvalue weighted by atomic mass is 19.4. The van der Waals surface area contributed by atoms with Gasteiger partial charge >= 0.3 is 6.18 Å². The molecule has 1 nitrogen and oxygen atoms in total. The Balaban J connectivity index is 2.63. The zero-order valence-electron chi connectivity index (χ0n) is 10.5. The lowest BCUT2D eigenvalue weighted by Gasteiger charge is -2.31. The molecule has 1 saturated carbocycles. The molecule has 0 bridgehead atoms. The van der Waals surface area contributed by atoms with Crippen molar-refractivity contribution in [1.82, 2.24) is 0 Å². The van der Waals surface area contributed by atoms with E-state index in [-0.39, 0.29) is 30.5 Å². The third-order valence-electron chi connectivity index (χ3n) is 3.93. The van der Waals surface area contributed by atoms with Gasteiger partial charge in [0.15, 0.2) is 0 Å². The maximum absolute atomic E-state index is 12.6. The Morgan fingerprint density at radius 2 is 1.82 bits per heavy atom. The highest BCUT2D eigenvalue weighted by Crippen LogP contribution is 2.41. The fraction of sp³-hybridized carbons (Fsp3) is 0.923. The Hall–Kier alpha value is -0.540. The van der Waals surface area contributed by atoms with Crippen molar-refractivity contribution in [1.29, 1.82) is 0 Å². The number of halogens is 3. The molecule has 0 N–H and O–H groups in total. The van der Waals surface area contributed by atoms with E-state index in [9.17, 15) is 18.0 Å². The number of ketones is 1. The Bertz CT molecular complexity index is 256. The Kier molecular flexibility index (Phi) is 5.02. The van der Waals surface area contributed by atoms with Crippen LogP contribution in [0.2, 0.25) is 0 Å². The standard InChI is InChI=1S/C13H21F3O/c1-3-9(4-2)12(17)10-6-5-7-11(8-10)13(14,15)16/h9-11H,3-8H2,1-2H3. The highest BCUT2D eigenvalue weighted by molar-refractivity contribution is 5.83. The van der Waals surface area contributed by atoms with Crippen LogP contribution < -0.4 is 0 Å². The van der Waals surface area contributed by atoms with Crippen LogP contribution in [0.15, 0.2) is 0 Å². The summed E-state index contributed by atoms with van der Waals surface area (Å²) in [6.45, 7) is 3.85. The Morgan fingerprint density at radius 1 is 1.24 bits per heavy atom. The molecule has 1 rings (SSSR count). The largest absolute Gasteiger partial charge is 0.391 e. The molecule has 4 heteroatoms. The average molecular weight is 250 g/mol. The number of rotatable bonds is 4. The number of Topliss-reactive ketones (excluding diaryl/α,β-unsaturated/α-hetero) is 1. The van der Waals surface area contributed by atoms with E-state index in [1.54, 1.807) is 0 Å². The summed E-state index contributed by atoms with van der Waals surface area (Å²) in [5.41, 5.74) is 0. The summed E-state index contributed by atoms with van der Waals surface area (Å²) in [5, 5.41) is 0. The minimum absolute atomic E-state index is 0.0127. The highest BCUT2D eigenvalue weighted by Gasteiger charge is 2.43. The molecule has 100 valence electrons. The zero-order valence-corrected chi connectivity index (χ0v) is 10.5. The van der Waals surface area contributed by atoms with Gasteiger partial charge in [-0.1, -0.05) is 20.3 Å². The molecule has 1 fully saturated rings. The van der Waals surface area contributed by atoms with Gasteiger partial charge in [-0.05, 0) is 32.1 Å². The normalized spacial score (nSPS) is 26.2. The summed E-state index contributed by atoms with van der Waals surface area (Å²) in [5.74, 6) is -1.62. The lowest BCUT2D eigenvalue weighted by Crippen LogP contribution is -2.34. The minimum Gasteiger partial charge on any atom is -0.299 e. The number of carbonyl (C=O) groups excluding carboxylic acids is 1. The van der Waals surface area contributed by atoms with Crippen molar-refractivity contribution in [2.75, 3.05) is 0 Å². The van der Waals surface area contributed by atoms with Gasteiger partial charge in [-0.25, -0.2) is 0 Å². The molecule has 0 amide bonds. The van der Waals surface area contributed by atoms with Gasteiger partial charge in [0.25, 0.3) is 0 Å². The lowest BCUT2D eigenvalue weighted by atomic mass is 9.75. The predicted molar refractivity (Wildman–Crippen MR) is 60.6 cm³/mol. The SMILES string of the molecule is CCC(CC)C(=O)C1CCCC(C(F)(F)F)C1. The van der Waals surface area contributed by atoms with Crippen molar-refractivity contribution < 1.29 is 18.0 Å². The Labute approximate surface area is 101 Å². The van der Waals surface area contributed by atoms with E-state index >= 15 is 0 Å². The van der Waals surface area contributed by atoms with Crippen LogP contribution >= 0.6 is 0 Å². The van der Waals surface area contributed by atoms with E-state index in [1.165, 1.54) is 0 Å². The summed E-state index contributed by atoms with van der Waals surface area (Å²) in [6.07, 6.45) is -1.28. The lowest BCUT2D eigenvalue weighted by molar-refractivity contribution is -0.186. The van der Waals surface area contributed by atoms with Crippen LogP contribution in [0.25, 0.3) is 0 Å². The molecular weight excluding hydrogens is 229 g/mol. The molecule has 1 aliphatic rings. The molecule has 17 heavy (non-hydrogen) atoms. The molecule has 0 aliphatic heterocycles. The van der Waals surface area contributed by atoms with Crippen molar-refractivity contribution >= 4 is 5.78 Å². The zero-order chi connectivity index (χ0) is 13.1. The molecule has 0 radical (unpaired) electrons. The van der Waals surface area contributed by atoms with Crippen LogP contribution in [0.1, 0.15) is 52.4 Å². The second-order valence-electron chi connectivity index (χ2n) is 5.02. The van der Waals surface area contributed by atoms with Crippen LogP contribution in [0.3, 0.4) is 0 Å². The summed E-state index contributed by atoms with van der Waals surface area (Å²) < 4.78 is 37.9. The van der Waals surface area contributed by atoms with Crippen molar-refractivity contribution in [3.05, 3.63) is 0 Å². The molecule has 0 aromatic carbocycles. The van der Waals surface area contributed by atoms with Crippen molar-refractivity contribution in [2.45, 2.75) is 58.5 Å². The first kappa shape index (κ1) is 14.5. The maximum atomic E-state index is 12.6. The van der Waals surface area contributed by atoms with Crippen LogP contribution in [0.5, 0.6) is 0 Å². The van der Waals surface area contributed by atoms with Gasteiger partial charge in [-0.3, -0.25) is 4.79 Å². The van der Waals surface area contributed by atoms with Gasteiger partial charge in [0, 0.05) is 11.8 Å².